The molecule has 0 saturated carbocycles. The van der Waals surface area contributed by atoms with Crippen molar-refractivity contribution < 1.29 is 0 Å². The molecule has 1 fully saturated rings. The summed E-state index contributed by atoms with van der Waals surface area (Å²) in [7, 11) is 3.73. The van der Waals surface area contributed by atoms with Gasteiger partial charge in [-0.3, -0.25) is 15.8 Å². The third-order valence-corrected chi connectivity index (χ3v) is 5.91. The first-order chi connectivity index (χ1) is 13.5. The number of nitrogens with zero attached hydrogens (tertiary/aromatic N) is 2. The monoisotopic (exact) mass is 415 g/mol. The molecular formula is C21H33N7S. The van der Waals surface area contributed by atoms with Crippen LogP contribution < -0.4 is 10.6 Å². The maximum Gasteiger partial charge on any atom is 0.162 e. The second kappa shape index (κ2) is 9.09. The normalized spacial score (nSPS) is 18.8. The minimum absolute atomic E-state index is 0.00393. The summed E-state index contributed by atoms with van der Waals surface area (Å²) < 4.78 is 0. The lowest BCUT2D eigenvalue weighted by Crippen LogP contribution is -2.62. The molecule has 0 atom stereocenters. The van der Waals surface area contributed by atoms with Gasteiger partial charge in [-0.05, 0) is 58.4 Å². The topological polar surface area (TPSA) is 112 Å². The highest BCUT2D eigenvalue weighted by atomic mass is 32.2. The molecule has 0 unspecified atom stereocenters. The van der Waals surface area contributed by atoms with Gasteiger partial charge in [-0.1, -0.05) is 6.07 Å². The van der Waals surface area contributed by atoms with Gasteiger partial charge in [-0.15, -0.1) is 0 Å². The van der Waals surface area contributed by atoms with Gasteiger partial charge in [0.05, 0.1) is 5.69 Å². The van der Waals surface area contributed by atoms with E-state index in [0.29, 0.717) is 16.4 Å². The molecule has 0 spiro atoms. The highest BCUT2D eigenvalue weighted by Gasteiger charge is 2.39. The summed E-state index contributed by atoms with van der Waals surface area (Å²) in [6.07, 6.45) is 6.54. The molecule has 2 heterocycles. The predicted molar refractivity (Wildman–Crippen MR) is 124 cm³/mol. The zero-order valence-corrected chi connectivity index (χ0v) is 19.0. The van der Waals surface area contributed by atoms with Crippen LogP contribution >= 0.6 is 11.8 Å². The lowest BCUT2D eigenvalue weighted by Gasteiger charge is -2.49. The van der Waals surface area contributed by atoms with Crippen molar-refractivity contribution in [1.82, 2.24) is 20.5 Å². The van der Waals surface area contributed by atoms with Crippen molar-refractivity contribution in [2.24, 2.45) is 0 Å². The van der Waals surface area contributed by atoms with Crippen molar-refractivity contribution in [3.8, 4) is 0 Å². The average Bonchev–Trinajstić information content (AvgIpc) is 2.63. The van der Waals surface area contributed by atoms with Crippen molar-refractivity contribution in [2.75, 3.05) is 14.1 Å². The highest BCUT2D eigenvalue weighted by Crippen LogP contribution is 2.32. The zero-order chi connectivity index (χ0) is 21.8. The summed E-state index contributed by atoms with van der Waals surface area (Å²) >= 11 is 1.12. The molecule has 0 radical (unpaired) electrons. The fourth-order valence-electron chi connectivity index (χ4n) is 3.99. The minimum Gasteiger partial charge on any atom is -0.393 e. The van der Waals surface area contributed by atoms with Crippen LogP contribution in [0.1, 0.15) is 51.8 Å². The Kier molecular flexibility index (Phi) is 7.24. The molecule has 1 saturated heterocycles. The van der Waals surface area contributed by atoms with Crippen LogP contribution in [0.3, 0.4) is 0 Å². The number of hydrogen-bond acceptors (Lipinski definition) is 7. The molecule has 0 aliphatic carbocycles. The van der Waals surface area contributed by atoms with Gasteiger partial charge >= 0.3 is 0 Å². The number of piperidine rings is 1. The summed E-state index contributed by atoms with van der Waals surface area (Å²) in [6, 6.07) is 3.85. The fourth-order valence-corrected chi connectivity index (χ4v) is 4.70. The van der Waals surface area contributed by atoms with Gasteiger partial charge in [0, 0.05) is 61.0 Å². The molecule has 1 aliphatic heterocycles. The maximum absolute atomic E-state index is 8.52. The summed E-state index contributed by atoms with van der Waals surface area (Å²) in [6.45, 7) is 8.79. The van der Waals surface area contributed by atoms with E-state index in [4.69, 9.17) is 16.2 Å². The molecule has 1 aromatic rings. The van der Waals surface area contributed by atoms with Crippen molar-refractivity contribution in [1.29, 1.82) is 16.2 Å². The summed E-state index contributed by atoms with van der Waals surface area (Å²) in [5.41, 5.74) is 2.06. The molecule has 5 N–H and O–H groups in total. The van der Waals surface area contributed by atoms with Gasteiger partial charge in [0.2, 0.25) is 0 Å². The van der Waals surface area contributed by atoms with E-state index in [-0.39, 0.29) is 22.2 Å². The number of aromatic nitrogens is 1. The standard InChI is InChI=1S/C21H33N7S/c1-20(2)9-16(10-21(3,4)27-20)28(6)19(24)29-18(23)17-8-7-14(13-26-17)15(11-22)12-25-5/h7-8,11-13,16,22-25,27H,9-10H2,1-6H3/b15-12+,22-11?,23-18?,24-19?. The Labute approximate surface area is 178 Å². The van der Waals surface area contributed by atoms with E-state index in [1.807, 2.05) is 18.0 Å². The van der Waals surface area contributed by atoms with E-state index in [2.05, 4.69) is 43.3 Å². The number of rotatable bonds is 5. The number of allylic oxidation sites excluding steroid dienone is 1. The lowest BCUT2D eigenvalue weighted by molar-refractivity contribution is 0.114. The number of hydrogen-bond donors (Lipinski definition) is 5. The Morgan fingerprint density at radius 3 is 2.34 bits per heavy atom. The molecule has 7 nitrogen and oxygen atoms in total. The smallest absolute Gasteiger partial charge is 0.162 e. The first-order valence-electron chi connectivity index (χ1n) is 9.70. The van der Waals surface area contributed by atoms with Crippen molar-refractivity contribution in [2.45, 2.75) is 57.7 Å². The fraction of sp³-hybridized carbons (Fsp3) is 0.524. The van der Waals surface area contributed by atoms with Crippen LogP contribution in [0.15, 0.2) is 24.5 Å². The van der Waals surface area contributed by atoms with Gasteiger partial charge in [0.25, 0.3) is 0 Å². The van der Waals surface area contributed by atoms with E-state index in [1.54, 1.807) is 25.5 Å². The van der Waals surface area contributed by atoms with Crippen LogP contribution in [-0.4, -0.2) is 57.5 Å². The van der Waals surface area contributed by atoms with E-state index >= 15 is 0 Å². The van der Waals surface area contributed by atoms with Crippen molar-refractivity contribution in [3.05, 3.63) is 35.8 Å². The Morgan fingerprint density at radius 2 is 1.86 bits per heavy atom. The van der Waals surface area contributed by atoms with E-state index in [0.717, 1.165) is 30.2 Å². The third-order valence-electron chi connectivity index (χ3n) is 5.02. The molecule has 1 aliphatic rings. The number of nitrogens with one attached hydrogen (secondary N) is 5. The second-order valence-corrected chi connectivity index (χ2v) is 9.77. The first-order valence-corrected chi connectivity index (χ1v) is 10.5. The average molecular weight is 416 g/mol. The Bertz CT molecular complexity index is 780. The molecule has 2 rings (SSSR count). The Balaban J connectivity index is 2.05. The van der Waals surface area contributed by atoms with E-state index in [1.165, 1.54) is 6.21 Å². The highest BCUT2D eigenvalue weighted by molar-refractivity contribution is 8.26. The molecule has 29 heavy (non-hydrogen) atoms. The Morgan fingerprint density at radius 1 is 1.24 bits per heavy atom. The second-order valence-electron chi connectivity index (χ2n) is 8.77. The van der Waals surface area contributed by atoms with E-state index in [9.17, 15) is 0 Å². The maximum atomic E-state index is 8.52. The SMILES string of the molecule is CN/C=C(\C=N)c1ccc(C(=N)SC(=N)N(C)C2CC(C)(C)NC(C)(C)C2)nc1. The molecule has 0 amide bonds. The quantitative estimate of drug-likeness (QED) is 0.373. The van der Waals surface area contributed by atoms with Crippen molar-refractivity contribution in [3.63, 3.8) is 0 Å². The predicted octanol–water partition coefficient (Wildman–Crippen LogP) is 3.53. The number of pyridine rings is 1. The Hall–Kier alpha value is -2.19. The number of thioether (sulfide) groups is 1. The third kappa shape index (κ3) is 6.14. The molecule has 1 aromatic heterocycles. The summed E-state index contributed by atoms with van der Waals surface area (Å²) in [4.78, 5) is 6.35. The molecule has 0 aromatic carbocycles. The number of amidine groups is 1. The van der Waals surface area contributed by atoms with Gasteiger partial charge in [0.1, 0.15) is 5.04 Å². The summed E-state index contributed by atoms with van der Waals surface area (Å²) in [5.74, 6) is 0. The molecule has 0 bridgehead atoms. The van der Waals surface area contributed by atoms with Crippen LogP contribution in [0.2, 0.25) is 0 Å². The molecule has 158 valence electrons. The van der Waals surface area contributed by atoms with Crippen LogP contribution in [0.25, 0.3) is 5.57 Å². The first kappa shape index (κ1) is 23.1. The van der Waals surface area contributed by atoms with Gasteiger partial charge < -0.3 is 20.9 Å². The van der Waals surface area contributed by atoms with Gasteiger partial charge in [-0.2, -0.15) is 0 Å². The minimum atomic E-state index is 0.00393. The van der Waals surface area contributed by atoms with Crippen LogP contribution in [0.4, 0.5) is 0 Å². The zero-order valence-electron chi connectivity index (χ0n) is 18.2. The molecule has 8 heteroatoms. The largest absolute Gasteiger partial charge is 0.393 e. The van der Waals surface area contributed by atoms with Crippen LogP contribution in [0, 0.1) is 16.2 Å². The van der Waals surface area contributed by atoms with Crippen LogP contribution in [0.5, 0.6) is 0 Å². The van der Waals surface area contributed by atoms with Crippen LogP contribution in [-0.2, 0) is 0 Å². The van der Waals surface area contributed by atoms with Crippen molar-refractivity contribution >= 4 is 33.8 Å². The summed E-state index contributed by atoms with van der Waals surface area (Å²) in [5, 5.41) is 31.6. The lowest BCUT2D eigenvalue weighted by atomic mass is 9.79. The van der Waals surface area contributed by atoms with Gasteiger partial charge in [0.15, 0.2) is 5.17 Å². The molecular weight excluding hydrogens is 382 g/mol. The van der Waals surface area contributed by atoms with E-state index < -0.39 is 0 Å². The van der Waals surface area contributed by atoms with Gasteiger partial charge in [-0.25, -0.2) is 0 Å².